The molecule has 2 rings (SSSR count). The quantitative estimate of drug-likeness (QED) is 0.851. The van der Waals surface area contributed by atoms with Crippen molar-refractivity contribution in [2.24, 2.45) is 0 Å². The van der Waals surface area contributed by atoms with Gasteiger partial charge in [0.05, 0.1) is 17.6 Å². The van der Waals surface area contributed by atoms with E-state index < -0.39 is 0 Å². The fourth-order valence-corrected chi connectivity index (χ4v) is 1.52. The molecule has 2 aromatic rings. The van der Waals surface area contributed by atoms with Crippen LogP contribution in [0.25, 0.3) is 5.69 Å². The molecule has 4 heteroatoms. The third-order valence-corrected chi connectivity index (χ3v) is 2.65. The first kappa shape index (κ1) is 10.8. The third kappa shape index (κ3) is 2.12. The van der Waals surface area contributed by atoms with Gasteiger partial charge >= 0.3 is 0 Å². The lowest BCUT2D eigenvalue weighted by molar-refractivity contribution is 0.630. The van der Waals surface area contributed by atoms with Gasteiger partial charge in [0, 0.05) is 6.04 Å². The highest BCUT2D eigenvalue weighted by molar-refractivity contribution is 5.34. The fraction of sp³-hybridized carbons (Fsp3) is 0.333. The van der Waals surface area contributed by atoms with Gasteiger partial charge in [-0.1, -0.05) is 17.3 Å². The number of aromatic nitrogens is 3. The average Bonchev–Trinajstić information content (AvgIpc) is 2.77. The lowest BCUT2D eigenvalue weighted by atomic mass is 10.2. The normalized spacial score (nSPS) is 12.7. The zero-order valence-corrected chi connectivity index (χ0v) is 9.81. The molecule has 0 amide bonds. The van der Waals surface area contributed by atoms with Gasteiger partial charge in [-0.15, -0.1) is 5.10 Å². The van der Waals surface area contributed by atoms with Gasteiger partial charge in [0.25, 0.3) is 0 Å². The summed E-state index contributed by atoms with van der Waals surface area (Å²) >= 11 is 0. The second-order valence-corrected chi connectivity index (χ2v) is 3.94. The zero-order valence-electron chi connectivity index (χ0n) is 9.81. The van der Waals surface area contributed by atoms with Gasteiger partial charge in [-0.25, -0.2) is 4.68 Å². The molecular formula is C12H16N4. The molecule has 0 spiro atoms. The fourth-order valence-electron chi connectivity index (χ4n) is 1.52. The maximum Gasteiger partial charge on any atom is 0.0998 e. The van der Waals surface area contributed by atoms with Crippen LogP contribution in [-0.4, -0.2) is 22.0 Å². The Hall–Kier alpha value is -1.68. The van der Waals surface area contributed by atoms with E-state index in [0.717, 1.165) is 11.4 Å². The van der Waals surface area contributed by atoms with Crippen molar-refractivity contribution >= 4 is 0 Å². The Morgan fingerprint density at radius 3 is 2.88 bits per heavy atom. The summed E-state index contributed by atoms with van der Waals surface area (Å²) in [5, 5.41) is 11.4. The number of benzene rings is 1. The van der Waals surface area contributed by atoms with Crippen LogP contribution in [0.3, 0.4) is 0 Å². The van der Waals surface area contributed by atoms with Crippen molar-refractivity contribution < 1.29 is 0 Å². The lowest BCUT2D eigenvalue weighted by Gasteiger charge is -2.04. The zero-order chi connectivity index (χ0) is 11.5. The molecule has 1 atom stereocenters. The topological polar surface area (TPSA) is 42.7 Å². The highest BCUT2D eigenvalue weighted by Crippen LogP contribution is 2.12. The predicted molar refractivity (Wildman–Crippen MR) is 63.6 cm³/mol. The van der Waals surface area contributed by atoms with Crippen LogP contribution < -0.4 is 5.32 Å². The molecular weight excluding hydrogens is 200 g/mol. The minimum atomic E-state index is 0.221. The Morgan fingerprint density at radius 2 is 2.19 bits per heavy atom. The largest absolute Gasteiger partial charge is 0.312 e. The summed E-state index contributed by atoms with van der Waals surface area (Å²) in [7, 11) is 1.91. The molecule has 4 nitrogen and oxygen atoms in total. The molecule has 16 heavy (non-hydrogen) atoms. The highest BCUT2D eigenvalue weighted by atomic mass is 15.4. The van der Waals surface area contributed by atoms with E-state index in [1.807, 2.05) is 25.4 Å². The van der Waals surface area contributed by atoms with Crippen LogP contribution in [0.1, 0.15) is 24.2 Å². The van der Waals surface area contributed by atoms with Crippen molar-refractivity contribution in [3.05, 3.63) is 41.7 Å². The third-order valence-electron chi connectivity index (χ3n) is 2.65. The minimum absolute atomic E-state index is 0.221. The number of rotatable bonds is 3. The first-order chi connectivity index (χ1) is 7.70. The Labute approximate surface area is 95.3 Å². The van der Waals surface area contributed by atoms with Crippen LogP contribution in [0.5, 0.6) is 0 Å². The molecule has 1 unspecified atom stereocenters. The van der Waals surface area contributed by atoms with E-state index in [1.165, 1.54) is 5.56 Å². The van der Waals surface area contributed by atoms with Crippen molar-refractivity contribution in [3.8, 4) is 5.69 Å². The number of aryl methyl sites for hydroxylation is 1. The van der Waals surface area contributed by atoms with Crippen molar-refractivity contribution in [3.63, 3.8) is 0 Å². The van der Waals surface area contributed by atoms with Crippen molar-refractivity contribution in [2.75, 3.05) is 7.05 Å². The van der Waals surface area contributed by atoms with Crippen LogP contribution in [0, 0.1) is 6.92 Å². The van der Waals surface area contributed by atoms with Crippen molar-refractivity contribution in [1.82, 2.24) is 20.3 Å². The number of nitrogens with one attached hydrogen (secondary N) is 1. The van der Waals surface area contributed by atoms with Gasteiger partial charge in [0.2, 0.25) is 0 Å². The molecule has 0 bridgehead atoms. The molecule has 0 aliphatic heterocycles. The van der Waals surface area contributed by atoms with E-state index in [9.17, 15) is 0 Å². The van der Waals surface area contributed by atoms with Crippen LogP contribution in [0.15, 0.2) is 30.5 Å². The van der Waals surface area contributed by atoms with E-state index in [0.29, 0.717) is 0 Å². The Morgan fingerprint density at radius 1 is 1.38 bits per heavy atom. The highest BCUT2D eigenvalue weighted by Gasteiger charge is 2.08. The van der Waals surface area contributed by atoms with Crippen LogP contribution in [-0.2, 0) is 0 Å². The molecule has 84 valence electrons. The van der Waals surface area contributed by atoms with E-state index in [-0.39, 0.29) is 6.04 Å². The van der Waals surface area contributed by atoms with Crippen molar-refractivity contribution in [2.45, 2.75) is 19.9 Å². The van der Waals surface area contributed by atoms with E-state index >= 15 is 0 Å². The predicted octanol–water partition coefficient (Wildman–Crippen LogP) is 1.86. The molecule has 1 heterocycles. The first-order valence-corrected chi connectivity index (χ1v) is 5.37. The Kier molecular flexibility index (Phi) is 3.01. The average molecular weight is 216 g/mol. The Balaban J connectivity index is 2.31. The Bertz CT molecular complexity index is 475. The first-order valence-electron chi connectivity index (χ1n) is 5.37. The summed E-state index contributed by atoms with van der Waals surface area (Å²) in [5.74, 6) is 0. The number of hydrogen-bond donors (Lipinski definition) is 1. The standard InChI is InChI=1S/C12H16N4/c1-9-5-4-6-11(7-9)16-8-12(14-15-16)10(2)13-3/h4-8,10,13H,1-3H3. The van der Waals surface area contributed by atoms with Crippen LogP contribution >= 0.6 is 0 Å². The monoisotopic (exact) mass is 216 g/mol. The van der Waals surface area contributed by atoms with E-state index in [1.54, 1.807) is 4.68 Å². The van der Waals surface area contributed by atoms with Crippen LogP contribution in [0.4, 0.5) is 0 Å². The molecule has 0 aliphatic rings. The van der Waals surface area contributed by atoms with E-state index in [2.05, 4.69) is 41.6 Å². The smallest absolute Gasteiger partial charge is 0.0998 e. The summed E-state index contributed by atoms with van der Waals surface area (Å²) in [6.07, 6.45) is 1.95. The molecule has 0 radical (unpaired) electrons. The summed E-state index contributed by atoms with van der Waals surface area (Å²) in [6.45, 7) is 4.13. The van der Waals surface area contributed by atoms with Gasteiger partial charge in [-0.05, 0) is 38.6 Å². The molecule has 1 aromatic carbocycles. The molecule has 0 saturated heterocycles. The maximum atomic E-state index is 4.14. The van der Waals surface area contributed by atoms with Crippen molar-refractivity contribution in [1.29, 1.82) is 0 Å². The summed E-state index contributed by atoms with van der Waals surface area (Å²) < 4.78 is 1.80. The van der Waals surface area contributed by atoms with Gasteiger partial charge in [0.1, 0.15) is 0 Å². The molecule has 0 fully saturated rings. The SMILES string of the molecule is CNC(C)c1cn(-c2cccc(C)c2)nn1. The van der Waals surface area contributed by atoms with E-state index in [4.69, 9.17) is 0 Å². The lowest BCUT2D eigenvalue weighted by Crippen LogP contribution is -2.12. The van der Waals surface area contributed by atoms with Gasteiger partial charge in [0.15, 0.2) is 0 Å². The van der Waals surface area contributed by atoms with Crippen LogP contribution in [0.2, 0.25) is 0 Å². The summed E-state index contributed by atoms with van der Waals surface area (Å²) in [5.41, 5.74) is 3.21. The second-order valence-electron chi connectivity index (χ2n) is 3.94. The summed E-state index contributed by atoms with van der Waals surface area (Å²) in [6, 6.07) is 8.42. The second kappa shape index (κ2) is 4.45. The number of nitrogens with zero attached hydrogens (tertiary/aromatic N) is 3. The molecule has 0 saturated carbocycles. The van der Waals surface area contributed by atoms with Gasteiger partial charge < -0.3 is 5.32 Å². The molecule has 1 N–H and O–H groups in total. The molecule has 0 aliphatic carbocycles. The summed E-state index contributed by atoms with van der Waals surface area (Å²) in [4.78, 5) is 0. The van der Waals surface area contributed by atoms with Gasteiger partial charge in [-0.2, -0.15) is 0 Å². The number of hydrogen-bond acceptors (Lipinski definition) is 3. The maximum absolute atomic E-state index is 4.14. The molecule has 1 aromatic heterocycles. The minimum Gasteiger partial charge on any atom is -0.312 e. The van der Waals surface area contributed by atoms with Gasteiger partial charge in [-0.3, -0.25) is 0 Å².